The van der Waals surface area contributed by atoms with Gasteiger partial charge in [-0.25, -0.2) is 15.5 Å². The minimum absolute atomic E-state index is 0.00547. The molecule has 0 saturated carbocycles. The smallest absolute Gasteiger partial charge is 0.279 e. The van der Waals surface area contributed by atoms with Crippen LogP contribution in [0.1, 0.15) is 35.9 Å². The molecule has 0 aliphatic rings. The number of nitrogens with two attached hydrogens (primary N) is 2. The van der Waals surface area contributed by atoms with Gasteiger partial charge in [-0.05, 0) is 18.2 Å². The monoisotopic (exact) mass is 261 g/mol. The van der Waals surface area contributed by atoms with Crippen molar-refractivity contribution in [2.45, 2.75) is 19.8 Å². The summed E-state index contributed by atoms with van der Waals surface area (Å²) in [4.78, 5) is 27.9. The van der Waals surface area contributed by atoms with Gasteiger partial charge in [-0.15, -0.1) is 0 Å². The topological polar surface area (TPSA) is 116 Å². The Morgan fingerprint density at radius 3 is 2.68 bits per heavy atom. The molecule has 0 bridgehead atoms. The van der Waals surface area contributed by atoms with Crippen LogP contribution in [0, 0.1) is 0 Å². The average Bonchev–Trinajstić information content (AvgIpc) is 2.41. The summed E-state index contributed by atoms with van der Waals surface area (Å²) in [5, 5.41) is 0.362. The Morgan fingerprint density at radius 1 is 1.42 bits per heavy atom. The highest BCUT2D eigenvalue weighted by Crippen LogP contribution is 2.15. The highest BCUT2D eigenvalue weighted by Gasteiger charge is 2.13. The van der Waals surface area contributed by atoms with Gasteiger partial charge >= 0.3 is 0 Å². The molecule has 1 amide bonds. The largest absolute Gasteiger partial charge is 0.335 e. The molecule has 19 heavy (non-hydrogen) atoms. The molecule has 5 N–H and O–H groups in total. The van der Waals surface area contributed by atoms with Gasteiger partial charge in [0.1, 0.15) is 5.82 Å². The van der Waals surface area contributed by atoms with Crippen LogP contribution in [0.25, 0.3) is 10.9 Å². The summed E-state index contributed by atoms with van der Waals surface area (Å²) in [6.45, 7) is 3.76. The van der Waals surface area contributed by atoms with Crippen LogP contribution in [0.4, 0.5) is 0 Å². The number of hydrogen-bond acceptors (Lipinski definition) is 5. The number of hydrazine groups is 1. The molecule has 0 aliphatic carbocycles. The lowest BCUT2D eigenvalue weighted by atomic mass is 10.1. The standard InChI is InChI=1S/C12H15N5O2/c1-6(2)10-15-9-5-7(11(18)16-13)3-4-8(9)12(19)17(10)14/h3-6H,13-14H2,1-2H3,(H,16,18). The molecule has 100 valence electrons. The van der Waals surface area contributed by atoms with E-state index in [0.717, 1.165) is 4.68 Å². The summed E-state index contributed by atoms with van der Waals surface area (Å²) >= 11 is 0. The predicted molar refractivity (Wildman–Crippen MR) is 71.9 cm³/mol. The van der Waals surface area contributed by atoms with Crippen molar-refractivity contribution < 1.29 is 4.79 Å². The molecule has 0 atom stereocenters. The lowest BCUT2D eigenvalue weighted by Gasteiger charge is -2.11. The minimum atomic E-state index is -0.438. The highest BCUT2D eigenvalue weighted by molar-refractivity contribution is 5.97. The van der Waals surface area contributed by atoms with E-state index in [-0.39, 0.29) is 11.5 Å². The van der Waals surface area contributed by atoms with E-state index in [0.29, 0.717) is 22.3 Å². The van der Waals surface area contributed by atoms with Crippen molar-refractivity contribution >= 4 is 16.8 Å². The molecule has 0 unspecified atom stereocenters. The van der Waals surface area contributed by atoms with Crippen molar-refractivity contribution in [1.29, 1.82) is 0 Å². The Morgan fingerprint density at radius 2 is 2.11 bits per heavy atom. The Bertz CT molecular complexity index is 705. The van der Waals surface area contributed by atoms with Gasteiger partial charge in [-0.1, -0.05) is 13.8 Å². The van der Waals surface area contributed by atoms with E-state index in [1.54, 1.807) is 0 Å². The zero-order valence-electron chi connectivity index (χ0n) is 10.7. The molecule has 1 heterocycles. The Labute approximate surface area is 109 Å². The maximum absolute atomic E-state index is 12.1. The molecule has 7 nitrogen and oxygen atoms in total. The van der Waals surface area contributed by atoms with E-state index < -0.39 is 5.91 Å². The number of rotatable bonds is 2. The fourth-order valence-electron chi connectivity index (χ4n) is 1.85. The molecule has 1 aromatic heterocycles. The first-order valence-corrected chi connectivity index (χ1v) is 5.78. The summed E-state index contributed by atoms with van der Waals surface area (Å²) in [7, 11) is 0. The second-order valence-corrected chi connectivity index (χ2v) is 4.51. The van der Waals surface area contributed by atoms with E-state index in [9.17, 15) is 9.59 Å². The van der Waals surface area contributed by atoms with Crippen LogP contribution in [0.5, 0.6) is 0 Å². The van der Waals surface area contributed by atoms with Gasteiger partial charge in [-0.2, -0.15) is 0 Å². The maximum atomic E-state index is 12.1. The molecule has 7 heteroatoms. The van der Waals surface area contributed by atoms with E-state index >= 15 is 0 Å². The van der Waals surface area contributed by atoms with Gasteiger partial charge in [0.15, 0.2) is 0 Å². The van der Waals surface area contributed by atoms with Gasteiger partial charge in [0.25, 0.3) is 11.5 Å². The molecule has 1 aromatic carbocycles. The SMILES string of the molecule is CC(C)c1nc2cc(C(=O)NN)ccc2c(=O)n1N. The average molecular weight is 261 g/mol. The van der Waals surface area contributed by atoms with Gasteiger partial charge in [0.05, 0.1) is 10.9 Å². The van der Waals surface area contributed by atoms with Crippen molar-refractivity contribution in [1.82, 2.24) is 15.1 Å². The van der Waals surface area contributed by atoms with Gasteiger partial charge in [-0.3, -0.25) is 15.0 Å². The number of carbonyl (C=O) groups excluding carboxylic acids is 1. The van der Waals surface area contributed by atoms with Gasteiger partial charge in [0, 0.05) is 11.5 Å². The number of carbonyl (C=O) groups is 1. The number of nitrogens with zero attached hydrogens (tertiary/aromatic N) is 2. The van der Waals surface area contributed by atoms with Crippen molar-refractivity contribution in [3.05, 3.63) is 39.9 Å². The van der Waals surface area contributed by atoms with Gasteiger partial charge < -0.3 is 5.84 Å². The fraction of sp³-hybridized carbons (Fsp3) is 0.250. The molecule has 0 radical (unpaired) electrons. The Hall–Kier alpha value is -2.41. The molecule has 0 saturated heterocycles. The maximum Gasteiger partial charge on any atom is 0.279 e. The number of fused-ring (bicyclic) bond motifs is 1. The van der Waals surface area contributed by atoms with Gasteiger partial charge in [0.2, 0.25) is 0 Å². The zero-order chi connectivity index (χ0) is 14.2. The highest BCUT2D eigenvalue weighted by atomic mass is 16.2. The number of nitrogens with one attached hydrogen (secondary N) is 1. The van der Waals surface area contributed by atoms with Crippen LogP contribution in [0.3, 0.4) is 0 Å². The van der Waals surface area contributed by atoms with E-state index in [4.69, 9.17) is 11.7 Å². The third-order valence-electron chi connectivity index (χ3n) is 2.84. The summed E-state index contributed by atoms with van der Waals surface area (Å²) in [6.07, 6.45) is 0. The summed E-state index contributed by atoms with van der Waals surface area (Å²) in [6, 6.07) is 4.54. The van der Waals surface area contributed by atoms with Crippen LogP contribution in [0.2, 0.25) is 0 Å². The summed E-state index contributed by atoms with van der Waals surface area (Å²) < 4.78 is 1.04. The molecule has 2 aromatic rings. The molecule has 2 rings (SSSR count). The zero-order valence-corrected chi connectivity index (χ0v) is 10.7. The number of nitrogen functional groups attached to an aromatic ring is 2. The Balaban J connectivity index is 2.76. The normalized spacial score (nSPS) is 10.9. The molecule has 0 fully saturated rings. The molecular weight excluding hydrogens is 246 g/mol. The summed E-state index contributed by atoms with van der Waals surface area (Å²) in [5.74, 6) is 10.8. The van der Waals surface area contributed by atoms with E-state index in [1.807, 2.05) is 19.3 Å². The van der Waals surface area contributed by atoms with E-state index in [2.05, 4.69) is 4.98 Å². The van der Waals surface area contributed by atoms with Crippen molar-refractivity contribution in [3.8, 4) is 0 Å². The number of aromatic nitrogens is 2. The quantitative estimate of drug-likeness (QED) is 0.394. The van der Waals surface area contributed by atoms with Crippen molar-refractivity contribution in [2.24, 2.45) is 5.84 Å². The van der Waals surface area contributed by atoms with Crippen LogP contribution in [-0.2, 0) is 0 Å². The predicted octanol–water partition coefficient (Wildman–Crippen LogP) is -0.163. The first-order chi connectivity index (χ1) is 8.95. The van der Waals surface area contributed by atoms with Crippen LogP contribution >= 0.6 is 0 Å². The number of benzene rings is 1. The second-order valence-electron chi connectivity index (χ2n) is 4.51. The Kier molecular flexibility index (Phi) is 3.22. The molecular formula is C12H15N5O2. The van der Waals surface area contributed by atoms with Crippen molar-refractivity contribution in [3.63, 3.8) is 0 Å². The van der Waals surface area contributed by atoms with E-state index in [1.165, 1.54) is 18.2 Å². The lowest BCUT2D eigenvalue weighted by Crippen LogP contribution is -2.33. The third-order valence-corrected chi connectivity index (χ3v) is 2.84. The fourth-order valence-corrected chi connectivity index (χ4v) is 1.85. The minimum Gasteiger partial charge on any atom is -0.335 e. The summed E-state index contributed by atoms with van der Waals surface area (Å²) in [5.41, 5.74) is 2.46. The van der Waals surface area contributed by atoms with Crippen LogP contribution in [-0.4, -0.2) is 15.6 Å². The number of hydrogen-bond donors (Lipinski definition) is 3. The first kappa shape index (κ1) is 13.0. The van der Waals surface area contributed by atoms with Crippen LogP contribution in [0.15, 0.2) is 23.0 Å². The molecule has 0 spiro atoms. The lowest BCUT2D eigenvalue weighted by molar-refractivity contribution is 0.0954. The second kappa shape index (κ2) is 4.69. The van der Waals surface area contributed by atoms with Crippen LogP contribution < -0.4 is 22.7 Å². The van der Waals surface area contributed by atoms with Crippen molar-refractivity contribution in [2.75, 3.05) is 5.84 Å². The first-order valence-electron chi connectivity index (χ1n) is 5.78. The molecule has 0 aliphatic heterocycles. The number of amides is 1. The third kappa shape index (κ3) is 2.15.